The number of para-hydroxylation sites is 2. The molecular weight excluding hydrogens is 350 g/mol. The first-order valence-electron chi connectivity index (χ1n) is 8.84. The van der Waals surface area contributed by atoms with Crippen LogP contribution in [-0.4, -0.2) is 50.6 Å². The number of piperazine rings is 1. The van der Waals surface area contributed by atoms with Gasteiger partial charge in [0.15, 0.2) is 0 Å². The molecule has 0 saturated carbocycles. The lowest BCUT2D eigenvalue weighted by molar-refractivity contribution is 0.102. The van der Waals surface area contributed by atoms with E-state index in [2.05, 4.69) is 22.0 Å². The second-order valence-corrected chi connectivity index (χ2v) is 6.62. The monoisotopic (exact) mass is 373 g/mol. The van der Waals surface area contributed by atoms with E-state index < -0.39 is 0 Å². The molecule has 0 unspecified atom stereocenters. The number of carbonyl (C=O) groups excluding carboxylic acids is 1. The summed E-state index contributed by atoms with van der Waals surface area (Å²) < 4.78 is 5.30. The summed E-state index contributed by atoms with van der Waals surface area (Å²) in [5.41, 5.74) is 2.10. The van der Waals surface area contributed by atoms with Gasteiger partial charge in [-0.15, -0.1) is 0 Å². The minimum absolute atomic E-state index is 0.210. The van der Waals surface area contributed by atoms with E-state index in [0.29, 0.717) is 16.3 Å². The number of ether oxygens (including phenoxy) is 1. The third kappa shape index (κ3) is 3.94. The SMILES string of the molecule is CCN1CCN(c2c(Cl)cccc2NC(=O)c2ccccc2OC)CC1. The fraction of sp³-hybridized carbons (Fsp3) is 0.350. The van der Waals surface area contributed by atoms with Gasteiger partial charge >= 0.3 is 0 Å². The Morgan fingerprint density at radius 2 is 1.85 bits per heavy atom. The average molecular weight is 374 g/mol. The number of nitrogens with zero attached hydrogens (tertiary/aromatic N) is 2. The van der Waals surface area contributed by atoms with E-state index in [0.717, 1.165) is 44.1 Å². The van der Waals surface area contributed by atoms with Gasteiger partial charge in [-0.2, -0.15) is 0 Å². The number of hydrogen-bond donors (Lipinski definition) is 1. The van der Waals surface area contributed by atoms with Gasteiger partial charge in [-0.3, -0.25) is 4.79 Å². The molecule has 0 spiro atoms. The van der Waals surface area contributed by atoms with Gasteiger partial charge in [-0.25, -0.2) is 0 Å². The van der Waals surface area contributed by atoms with Gasteiger partial charge in [0.1, 0.15) is 5.75 Å². The number of carbonyl (C=O) groups is 1. The molecule has 0 bridgehead atoms. The van der Waals surface area contributed by atoms with Crippen molar-refractivity contribution in [2.45, 2.75) is 6.92 Å². The standard InChI is InChI=1S/C20H24ClN3O2/c1-3-23-11-13-24(14-12-23)19-16(21)8-6-9-17(19)22-20(25)15-7-4-5-10-18(15)26-2/h4-10H,3,11-14H2,1-2H3,(H,22,25). The molecule has 0 radical (unpaired) electrons. The van der Waals surface area contributed by atoms with E-state index in [4.69, 9.17) is 16.3 Å². The number of anilines is 2. The highest BCUT2D eigenvalue weighted by molar-refractivity contribution is 6.34. The maximum absolute atomic E-state index is 12.8. The van der Waals surface area contributed by atoms with Crippen molar-refractivity contribution < 1.29 is 9.53 Å². The normalized spacial score (nSPS) is 15.0. The lowest BCUT2D eigenvalue weighted by Gasteiger charge is -2.36. The number of halogens is 1. The van der Waals surface area contributed by atoms with Crippen LogP contribution in [0.15, 0.2) is 42.5 Å². The minimum Gasteiger partial charge on any atom is -0.496 e. The summed E-state index contributed by atoms with van der Waals surface area (Å²) in [5, 5.41) is 3.65. The van der Waals surface area contributed by atoms with Crippen LogP contribution in [0.1, 0.15) is 17.3 Å². The zero-order valence-corrected chi connectivity index (χ0v) is 15.9. The van der Waals surface area contributed by atoms with Crippen molar-refractivity contribution >= 4 is 28.9 Å². The lowest BCUT2D eigenvalue weighted by atomic mass is 10.1. The van der Waals surface area contributed by atoms with Crippen molar-refractivity contribution in [1.82, 2.24) is 4.90 Å². The third-order valence-electron chi connectivity index (χ3n) is 4.72. The van der Waals surface area contributed by atoms with Gasteiger partial charge in [0.05, 0.1) is 29.1 Å². The molecule has 2 aromatic carbocycles. The Hall–Kier alpha value is -2.24. The molecule has 1 amide bonds. The summed E-state index contributed by atoms with van der Waals surface area (Å²) in [4.78, 5) is 17.4. The topological polar surface area (TPSA) is 44.8 Å². The van der Waals surface area contributed by atoms with Crippen molar-refractivity contribution in [2.75, 3.05) is 50.1 Å². The molecule has 1 saturated heterocycles. The fourth-order valence-corrected chi connectivity index (χ4v) is 3.54. The summed E-state index contributed by atoms with van der Waals surface area (Å²) in [6.07, 6.45) is 0. The van der Waals surface area contributed by atoms with Crippen molar-refractivity contribution in [3.8, 4) is 5.75 Å². The average Bonchev–Trinajstić information content (AvgIpc) is 2.68. The second kappa shape index (κ2) is 8.43. The highest BCUT2D eigenvalue weighted by atomic mass is 35.5. The Bertz CT molecular complexity index is 773. The molecule has 0 aromatic heterocycles. The molecule has 1 N–H and O–H groups in total. The number of benzene rings is 2. The van der Waals surface area contributed by atoms with E-state index in [-0.39, 0.29) is 5.91 Å². The summed E-state index contributed by atoms with van der Waals surface area (Å²) in [7, 11) is 1.56. The Morgan fingerprint density at radius 1 is 1.12 bits per heavy atom. The molecule has 138 valence electrons. The predicted molar refractivity (Wildman–Crippen MR) is 107 cm³/mol. The van der Waals surface area contributed by atoms with Gasteiger partial charge in [0.2, 0.25) is 0 Å². The first-order valence-corrected chi connectivity index (χ1v) is 9.22. The van der Waals surface area contributed by atoms with E-state index >= 15 is 0 Å². The number of nitrogens with one attached hydrogen (secondary N) is 1. The molecule has 1 heterocycles. The van der Waals surface area contributed by atoms with Crippen LogP contribution in [0.5, 0.6) is 5.75 Å². The number of methoxy groups -OCH3 is 1. The van der Waals surface area contributed by atoms with Gasteiger partial charge in [-0.1, -0.05) is 36.7 Å². The largest absolute Gasteiger partial charge is 0.496 e. The molecule has 0 aliphatic carbocycles. The molecule has 26 heavy (non-hydrogen) atoms. The van der Waals surface area contributed by atoms with Crippen molar-refractivity contribution in [3.05, 3.63) is 53.1 Å². The van der Waals surface area contributed by atoms with Crippen LogP contribution in [0.2, 0.25) is 5.02 Å². The summed E-state index contributed by atoms with van der Waals surface area (Å²) >= 11 is 6.49. The van der Waals surface area contributed by atoms with E-state index in [1.165, 1.54) is 0 Å². The summed E-state index contributed by atoms with van der Waals surface area (Å²) in [6, 6.07) is 12.8. The van der Waals surface area contributed by atoms with Gasteiger partial charge in [0.25, 0.3) is 5.91 Å². The molecule has 3 rings (SSSR count). The van der Waals surface area contributed by atoms with Crippen LogP contribution >= 0.6 is 11.6 Å². The Labute approximate surface area is 159 Å². The molecule has 1 aliphatic rings. The smallest absolute Gasteiger partial charge is 0.259 e. The van der Waals surface area contributed by atoms with Crippen LogP contribution < -0.4 is 15.0 Å². The molecule has 5 nitrogen and oxygen atoms in total. The first-order chi connectivity index (χ1) is 12.6. The fourth-order valence-electron chi connectivity index (χ4n) is 3.25. The molecule has 2 aromatic rings. The summed E-state index contributed by atoms with van der Waals surface area (Å²) in [5.74, 6) is 0.336. The number of rotatable bonds is 5. The van der Waals surface area contributed by atoms with Crippen molar-refractivity contribution in [2.24, 2.45) is 0 Å². The molecule has 1 fully saturated rings. The molecule has 6 heteroatoms. The lowest BCUT2D eigenvalue weighted by Crippen LogP contribution is -2.46. The minimum atomic E-state index is -0.210. The van der Waals surface area contributed by atoms with Crippen LogP contribution in [-0.2, 0) is 0 Å². The number of hydrogen-bond acceptors (Lipinski definition) is 4. The maximum Gasteiger partial charge on any atom is 0.259 e. The van der Waals surface area contributed by atoms with Crippen LogP contribution in [0.25, 0.3) is 0 Å². The van der Waals surface area contributed by atoms with Crippen LogP contribution in [0.4, 0.5) is 11.4 Å². The zero-order valence-electron chi connectivity index (χ0n) is 15.2. The Balaban J connectivity index is 1.85. The van der Waals surface area contributed by atoms with E-state index in [1.807, 2.05) is 30.3 Å². The number of likely N-dealkylation sites (N-methyl/N-ethyl adjacent to an activating group) is 1. The summed E-state index contributed by atoms with van der Waals surface area (Å²) in [6.45, 7) is 6.96. The second-order valence-electron chi connectivity index (χ2n) is 6.21. The predicted octanol–water partition coefficient (Wildman–Crippen LogP) is 3.74. The van der Waals surface area contributed by atoms with Crippen molar-refractivity contribution in [1.29, 1.82) is 0 Å². The van der Waals surface area contributed by atoms with Crippen molar-refractivity contribution in [3.63, 3.8) is 0 Å². The maximum atomic E-state index is 12.8. The quantitative estimate of drug-likeness (QED) is 0.867. The number of amides is 1. The highest BCUT2D eigenvalue weighted by Gasteiger charge is 2.22. The molecule has 0 atom stereocenters. The van der Waals surface area contributed by atoms with Gasteiger partial charge in [0, 0.05) is 26.2 Å². The molecule has 1 aliphatic heterocycles. The van der Waals surface area contributed by atoms with E-state index in [1.54, 1.807) is 19.2 Å². The first kappa shape index (κ1) is 18.5. The molecular formula is C20H24ClN3O2. The van der Waals surface area contributed by atoms with E-state index in [9.17, 15) is 4.79 Å². The highest BCUT2D eigenvalue weighted by Crippen LogP contribution is 2.35. The van der Waals surface area contributed by atoms with Crippen LogP contribution in [0, 0.1) is 0 Å². The Kier molecular flexibility index (Phi) is 6.01. The van der Waals surface area contributed by atoms with Gasteiger partial charge < -0.3 is 19.9 Å². The third-order valence-corrected chi connectivity index (χ3v) is 5.03. The Morgan fingerprint density at radius 3 is 2.54 bits per heavy atom. The van der Waals surface area contributed by atoms with Gasteiger partial charge in [-0.05, 0) is 30.8 Å². The van der Waals surface area contributed by atoms with Crippen LogP contribution in [0.3, 0.4) is 0 Å². The zero-order chi connectivity index (χ0) is 18.5.